The van der Waals surface area contributed by atoms with Crippen molar-refractivity contribution in [3.05, 3.63) is 11.3 Å². The van der Waals surface area contributed by atoms with E-state index in [2.05, 4.69) is 9.36 Å². The summed E-state index contributed by atoms with van der Waals surface area (Å²) >= 11 is 1.24. The molecular weight excluding hydrogens is 152 g/mol. The molecule has 1 aromatic heterocycles. The lowest BCUT2D eigenvalue weighted by Gasteiger charge is -1.87. The molecule has 0 aliphatic carbocycles. The third kappa shape index (κ3) is 2.10. The van der Waals surface area contributed by atoms with E-state index >= 15 is 0 Å². The Morgan fingerprint density at radius 3 is 3.10 bits per heavy atom. The summed E-state index contributed by atoms with van der Waals surface area (Å²) in [6.45, 7) is 0. The molecule has 4 nitrogen and oxygen atoms in total. The number of nitrogens with zero attached hydrogens (tertiary/aromatic N) is 2. The number of aromatic nitrogens is 2. The summed E-state index contributed by atoms with van der Waals surface area (Å²) in [7, 11) is 0. The number of carboxylic acid groups (broad SMARTS) is 1. The van der Waals surface area contributed by atoms with E-state index < -0.39 is 5.97 Å². The van der Waals surface area contributed by atoms with Gasteiger partial charge in [0, 0.05) is 6.42 Å². The third-order valence-corrected chi connectivity index (χ3v) is 1.68. The fourth-order valence-electron chi connectivity index (χ4n) is 0.520. The van der Waals surface area contributed by atoms with Crippen LogP contribution in [0.1, 0.15) is 11.4 Å². The maximum atomic E-state index is 10.1. The predicted octanol–water partition coefficient (Wildman–Crippen LogP) is 0.555. The molecule has 0 bridgehead atoms. The SMILES string of the molecule is O=C(O)CCc1ncns1. The van der Waals surface area contributed by atoms with Crippen molar-refractivity contribution in [1.82, 2.24) is 9.36 Å². The van der Waals surface area contributed by atoms with Crippen molar-refractivity contribution in [2.45, 2.75) is 12.8 Å². The Labute approximate surface area is 61.7 Å². The Kier molecular flexibility index (Phi) is 2.33. The van der Waals surface area contributed by atoms with E-state index in [9.17, 15) is 4.79 Å². The van der Waals surface area contributed by atoms with E-state index in [1.54, 1.807) is 0 Å². The molecule has 10 heavy (non-hydrogen) atoms. The first-order chi connectivity index (χ1) is 4.79. The summed E-state index contributed by atoms with van der Waals surface area (Å²) in [6, 6.07) is 0. The van der Waals surface area contributed by atoms with Crippen LogP contribution in [0.15, 0.2) is 6.33 Å². The molecule has 0 saturated heterocycles. The zero-order valence-electron chi connectivity index (χ0n) is 5.15. The van der Waals surface area contributed by atoms with Crippen molar-refractivity contribution >= 4 is 17.5 Å². The minimum Gasteiger partial charge on any atom is -0.481 e. The quantitative estimate of drug-likeness (QED) is 0.698. The Morgan fingerprint density at radius 2 is 2.60 bits per heavy atom. The zero-order chi connectivity index (χ0) is 7.40. The van der Waals surface area contributed by atoms with Crippen molar-refractivity contribution in [3.8, 4) is 0 Å². The summed E-state index contributed by atoms with van der Waals surface area (Å²) in [4.78, 5) is 13.9. The van der Waals surface area contributed by atoms with Gasteiger partial charge in [-0.1, -0.05) is 0 Å². The van der Waals surface area contributed by atoms with Gasteiger partial charge in [0.15, 0.2) is 0 Å². The van der Waals surface area contributed by atoms with E-state index in [-0.39, 0.29) is 6.42 Å². The standard InChI is InChI=1S/C5H6N2O2S/c8-5(9)2-1-4-6-3-7-10-4/h3H,1-2H2,(H,8,9). The molecule has 0 fully saturated rings. The summed E-state index contributed by atoms with van der Waals surface area (Å²) < 4.78 is 3.74. The van der Waals surface area contributed by atoms with E-state index in [0.29, 0.717) is 6.42 Å². The molecule has 54 valence electrons. The highest BCUT2D eigenvalue weighted by atomic mass is 32.1. The van der Waals surface area contributed by atoms with Crippen LogP contribution >= 0.6 is 11.5 Å². The van der Waals surface area contributed by atoms with E-state index in [1.165, 1.54) is 17.9 Å². The van der Waals surface area contributed by atoms with Gasteiger partial charge < -0.3 is 5.11 Å². The van der Waals surface area contributed by atoms with Gasteiger partial charge in [-0.2, -0.15) is 4.37 Å². The smallest absolute Gasteiger partial charge is 0.303 e. The summed E-state index contributed by atoms with van der Waals surface area (Å²) in [5.74, 6) is -0.796. The fraction of sp³-hybridized carbons (Fsp3) is 0.400. The molecule has 5 heteroatoms. The average Bonchev–Trinajstić information content (AvgIpc) is 2.34. The molecule has 0 unspecified atom stereocenters. The highest BCUT2D eigenvalue weighted by Gasteiger charge is 2.00. The lowest BCUT2D eigenvalue weighted by Crippen LogP contribution is -1.96. The Morgan fingerprint density at radius 1 is 1.80 bits per heavy atom. The van der Waals surface area contributed by atoms with Crippen LogP contribution in [0, 0.1) is 0 Å². The molecular formula is C5H6N2O2S. The van der Waals surface area contributed by atoms with Gasteiger partial charge in [-0.25, -0.2) is 4.98 Å². The zero-order valence-corrected chi connectivity index (χ0v) is 5.97. The molecule has 0 aromatic carbocycles. The Balaban J connectivity index is 2.35. The van der Waals surface area contributed by atoms with Gasteiger partial charge in [-0.05, 0) is 11.5 Å². The van der Waals surface area contributed by atoms with Crippen molar-refractivity contribution in [2.75, 3.05) is 0 Å². The second-order valence-corrected chi connectivity index (χ2v) is 2.59. The maximum absolute atomic E-state index is 10.1. The molecule has 0 aliphatic heterocycles. The van der Waals surface area contributed by atoms with Gasteiger partial charge in [-0.15, -0.1) is 0 Å². The lowest BCUT2D eigenvalue weighted by atomic mass is 10.3. The minimum atomic E-state index is -0.796. The van der Waals surface area contributed by atoms with Crippen LogP contribution in [0.3, 0.4) is 0 Å². The normalized spacial score (nSPS) is 9.60. The van der Waals surface area contributed by atoms with Crippen molar-refractivity contribution in [1.29, 1.82) is 0 Å². The average molecular weight is 158 g/mol. The first-order valence-corrected chi connectivity index (χ1v) is 3.53. The molecule has 1 N–H and O–H groups in total. The maximum Gasteiger partial charge on any atom is 0.303 e. The van der Waals surface area contributed by atoms with Gasteiger partial charge in [0.2, 0.25) is 0 Å². The molecule has 0 amide bonds. The number of carbonyl (C=O) groups is 1. The minimum absolute atomic E-state index is 0.134. The van der Waals surface area contributed by atoms with Crippen molar-refractivity contribution < 1.29 is 9.90 Å². The highest BCUT2D eigenvalue weighted by molar-refractivity contribution is 7.05. The second-order valence-electron chi connectivity index (χ2n) is 1.73. The summed E-state index contributed by atoms with van der Waals surface area (Å²) in [5, 5.41) is 9.05. The van der Waals surface area contributed by atoms with Gasteiger partial charge in [0.05, 0.1) is 6.42 Å². The summed E-state index contributed by atoms with van der Waals surface area (Å²) in [5.41, 5.74) is 0. The molecule has 1 heterocycles. The van der Waals surface area contributed by atoms with Crippen LogP contribution in [0.5, 0.6) is 0 Å². The molecule has 0 saturated carbocycles. The highest BCUT2D eigenvalue weighted by Crippen LogP contribution is 2.02. The number of carboxylic acids is 1. The van der Waals surface area contributed by atoms with Crippen molar-refractivity contribution in [3.63, 3.8) is 0 Å². The van der Waals surface area contributed by atoms with Gasteiger partial charge >= 0.3 is 5.97 Å². The first kappa shape index (κ1) is 7.14. The molecule has 1 aromatic rings. The van der Waals surface area contributed by atoms with E-state index in [0.717, 1.165) is 5.01 Å². The second kappa shape index (κ2) is 3.26. The van der Waals surface area contributed by atoms with Crippen LogP contribution in [-0.4, -0.2) is 20.4 Å². The topological polar surface area (TPSA) is 63.1 Å². The van der Waals surface area contributed by atoms with Gasteiger partial charge in [0.1, 0.15) is 11.3 Å². The number of aryl methyl sites for hydroxylation is 1. The monoisotopic (exact) mass is 158 g/mol. The predicted molar refractivity (Wildman–Crippen MR) is 35.9 cm³/mol. The van der Waals surface area contributed by atoms with E-state index in [1.807, 2.05) is 0 Å². The number of hydrogen-bond donors (Lipinski definition) is 1. The van der Waals surface area contributed by atoms with Crippen LogP contribution in [-0.2, 0) is 11.2 Å². The van der Waals surface area contributed by atoms with Crippen molar-refractivity contribution in [2.24, 2.45) is 0 Å². The molecule has 0 atom stereocenters. The Hall–Kier alpha value is -0.970. The van der Waals surface area contributed by atoms with Crippen LogP contribution in [0.2, 0.25) is 0 Å². The summed E-state index contributed by atoms with van der Waals surface area (Å²) in [6.07, 6.45) is 2.05. The molecule has 0 radical (unpaired) electrons. The van der Waals surface area contributed by atoms with Gasteiger partial charge in [0.25, 0.3) is 0 Å². The molecule has 0 aliphatic rings. The fourth-order valence-corrected chi connectivity index (χ4v) is 1.02. The number of rotatable bonds is 3. The lowest BCUT2D eigenvalue weighted by molar-refractivity contribution is -0.136. The Bertz CT molecular complexity index is 209. The van der Waals surface area contributed by atoms with Crippen LogP contribution < -0.4 is 0 Å². The molecule has 1 rings (SSSR count). The molecule has 0 spiro atoms. The van der Waals surface area contributed by atoms with Crippen LogP contribution in [0.25, 0.3) is 0 Å². The number of hydrogen-bond acceptors (Lipinski definition) is 4. The number of aliphatic carboxylic acids is 1. The first-order valence-electron chi connectivity index (χ1n) is 2.76. The largest absolute Gasteiger partial charge is 0.481 e. The van der Waals surface area contributed by atoms with Gasteiger partial charge in [-0.3, -0.25) is 4.79 Å². The van der Waals surface area contributed by atoms with Crippen LogP contribution in [0.4, 0.5) is 0 Å². The van der Waals surface area contributed by atoms with E-state index in [4.69, 9.17) is 5.11 Å². The third-order valence-electron chi connectivity index (χ3n) is 0.960.